The molecule has 1 aromatic rings. The van der Waals surface area contributed by atoms with Crippen molar-refractivity contribution in [2.24, 2.45) is 0 Å². The first kappa shape index (κ1) is 14.3. The smallest absolute Gasteiger partial charge is 0.326 e. The van der Waals surface area contributed by atoms with Gasteiger partial charge in [0, 0.05) is 11.3 Å². The van der Waals surface area contributed by atoms with Crippen LogP contribution in [0.2, 0.25) is 0 Å². The third-order valence-corrected chi connectivity index (χ3v) is 6.03. The van der Waals surface area contributed by atoms with Crippen molar-refractivity contribution in [2.75, 3.05) is 7.11 Å². The monoisotopic (exact) mass is 313 g/mol. The van der Waals surface area contributed by atoms with E-state index in [4.69, 9.17) is 4.74 Å². The van der Waals surface area contributed by atoms with E-state index in [1.165, 1.54) is 20.0 Å². The summed E-state index contributed by atoms with van der Waals surface area (Å²) < 4.78 is 6.06. The fourth-order valence-corrected chi connectivity index (χ4v) is 4.94. The molecule has 0 saturated heterocycles. The van der Waals surface area contributed by atoms with Crippen LogP contribution in [0.15, 0.2) is 9.85 Å². The van der Waals surface area contributed by atoms with Gasteiger partial charge in [-0.2, -0.15) is 0 Å². The Morgan fingerprint density at radius 2 is 2.40 bits per heavy atom. The van der Waals surface area contributed by atoms with Crippen LogP contribution in [-0.2, 0) is 9.53 Å². The minimum atomic E-state index is -0.490. The van der Waals surface area contributed by atoms with E-state index in [0.29, 0.717) is 11.3 Å². The highest BCUT2D eigenvalue weighted by Gasteiger charge is 2.46. The molecule has 2 aliphatic rings. The number of hydrogen-bond acceptors (Lipinski definition) is 7. The molecule has 2 unspecified atom stereocenters. The number of ether oxygens (including phenoxy) is 1. The first-order valence-corrected chi connectivity index (χ1v) is 8.77. The highest BCUT2D eigenvalue weighted by atomic mass is 32.2. The quantitative estimate of drug-likeness (QED) is 0.841. The van der Waals surface area contributed by atoms with E-state index < -0.39 is 5.54 Å². The Hall–Kier alpha value is -0.660. The molecule has 0 aliphatic heterocycles. The summed E-state index contributed by atoms with van der Waals surface area (Å²) in [5.74, 6) is -0.105. The van der Waals surface area contributed by atoms with Gasteiger partial charge in [-0.25, -0.2) is 0 Å². The Morgan fingerprint density at radius 1 is 1.55 bits per heavy atom. The van der Waals surface area contributed by atoms with Crippen LogP contribution in [0.5, 0.6) is 0 Å². The lowest BCUT2D eigenvalue weighted by Gasteiger charge is -2.39. The van der Waals surface area contributed by atoms with Gasteiger partial charge in [-0.05, 0) is 38.5 Å². The topological polar surface area (TPSA) is 64.1 Å². The predicted octanol–water partition coefficient (Wildman–Crippen LogP) is 2.24. The van der Waals surface area contributed by atoms with Crippen molar-refractivity contribution < 1.29 is 9.53 Å². The highest BCUT2D eigenvalue weighted by molar-refractivity contribution is 8.01. The second-order valence-electron chi connectivity index (χ2n) is 5.53. The van der Waals surface area contributed by atoms with Crippen LogP contribution < -0.4 is 5.32 Å². The lowest BCUT2D eigenvalue weighted by atomic mass is 9.81. The van der Waals surface area contributed by atoms with Gasteiger partial charge in [-0.15, -0.1) is 10.2 Å². The molecule has 1 N–H and O–H groups in total. The molecule has 0 amide bonds. The van der Waals surface area contributed by atoms with Gasteiger partial charge >= 0.3 is 5.97 Å². The minimum Gasteiger partial charge on any atom is -0.468 e. The van der Waals surface area contributed by atoms with Crippen LogP contribution in [-0.4, -0.2) is 40.1 Å². The van der Waals surface area contributed by atoms with E-state index in [9.17, 15) is 4.79 Å². The number of methoxy groups -OCH3 is 1. The van der Waals surface area contributed by atoms with Crippen molar-refractivity contribution in [2.45, 2.75) is 59.7 Å². The molecule has 110 valence electrons. The highest BCUT2D eigenvalue weighted by Crippen LogP contribution is 2.40. The number of aromatic nitrogens is 2. The summed E-state index contributed by atoms with van der Waals surface area (Å²) in [6.45, 7) is 0. The van der Waals surface area contributed by atoms with Crippen molar-refractivity contribution in [1.82, 2.24) is 15.5 Å². The van der Waals surface area contributed by atoms with E-state index in [0.717, 1.165) is 30.0 Å². The van der Waals surface area contributed by atoms with Gasteiger partial charge in [0.15, 0.2) is 4.34 Å². The molecule has 2 aliphatic carbocycles. The van der Waals surface area contributed by atoms with Crippen molar-refractivity contribution in [3.8, 4) is 0 Å². The number of hydrogen-bond donors (Lipinski definition) is 1. The number of esters is 1. The van der Waals surface area contributed by atoms with Gasteiger partial charge in [0.1, 0.15) is 11.0 Å². The molecule has 0 bridgehead atoms. The van der Waals surface area contributed by atoms with Gasteiger partial charge in [0.05, 0.1) is 7.11 Å². The van der Waals surface area contributed by atoms with Crippen LogP contribution in [0, 0.1) is 0 Å². The molecule has 5 nitrogen and oxygen atoms in total. The maximum absolute atomic E-state index is 12.3. The van der Waals surface area contributed by atoms with E-state index >= 15 is 0 Å². The van der Waals surface area contributed by atoms with Crippen molar-refractivity contribution in [3.63, 3.8) is 0 Å². The zero-order valence-corrected chi connectivity index (χ0v) is 13.1. The summed E-state index contributed by atoms with van der Waals surface area (Å²) in [4.78, 5) is 12.3. The van der Waals surface area contributed by atoms with E-state index in [1.807, 2.05) is 0 Å². The normalized spacial score (nSPS) is 30.1. The molecule has 1 heterocycles. The number of carbonyl (C=O) groups excluding carboxylic acids is 1. The third kappa shape index (κ3) is 3.15. The van der Waals surface area contributed by atoms with Gasteiger partial charge in [-0.3, -0.25) is 10.1 Å². The first-order chi connectivity index (χ1) is 9.72. The second kappa shape index (κ2) is 5.99. The standard InChI is InChI=1S/C13H19N3O2S2/c1-18-11(17)13(15-9-4-5-9)6-2-3-10(7-13)20-12-16-14-8-19-12/h8-10,15H,2-7H2,1H3. The van der Waals surface area contributed by atoms with Gasteiger partial charge in [0.25, 0.3) is 0 Å². The lowest BCUT2D eigenvalue weighted by molar-refractivity contribution is -0.150. The molecule has 2 atom stereocenters. The number of rotatable bonds is 5. The summed E-state index contributed by atoms with van der Waals surface area (Å²) in [7, 11) is 1.49. The Morgan fingerprint density at radius 3 is 3.05 bits per heavy atom. The third-order valence-electron chi connectivity index (χ3n) is 3.95. The molecule has 20 heavy (non-hydrogen) atoms. The van der Waals surface area contributed by atoms with Crippen LogP contribution >= 0.6 is 23.1 Å². The Bertz CT molecular complexity index is 464. The number of thioether (sulfide) groups is 1. The molecule has 2 saturated carbocycles. The maximum atomic E-state index is 12.3. The largest absolute Gasteiger partial charge is 0.468 e. The summed E-state index contributed by atoms with van der Waals surface area (Å²) in [5, 5.41) is 11.9. The van der Waals surface area contributed by atoms with Crippen molar-refractivity contribution >= 4 is 29.1 Å². The summed E-state index contributed by atoms with van der Waals surface area (Å²) >= 11 is 3.31. The fraction of sp³-hybridized carbons (Fsp3) is 0.769. The lowest BCUT2D eigenvalue weighted by Crippen LogP contribution is -2.56. The molecule has 7 heteroatoms. The maximum Gasteiger partial charge on any atom is 0.326 e. The number of nitrogens with one attached hydrogen (secondary N) is 1. The molecule has 1 aromatic heterocycles. The predicted molar refractivity (Wildman–Crippen MR) is 78.9 cm³/mol. The molecule has 3 rings (SSSR count). The summed E-state index contributed by atoms with van der Waals surface area (Å²) in [5.41, 5.74) is 1.26. The zero-order valence-electron chi connectivity index (χ0n) is 11.5. The Balaban J connectivity index is 1.70. The van der Waals surface area contributed by atoms with Crippen molar-refractivity contribution in [1.29, 1.82) is 0 Å². The molecular weight excluding hydrogens is 294 g/mol. The van der Waals surface area contributed by atoms with Crippen molar-refractivity contribution in [3.05, 3.63) is 5.51 Å². The molecule has 0 spiro atoms. The minimum absolute atomic E-state index is 0.105. The Labute approximate surface area is 126 Å². The van der Waals surface area contributed by atoms with Gasteiger partial charge in [0.2, 0.25) is 0 Å². The fourth-order valence-electron chi connectivity index (χ4n) is 2.87. The second-order valence-corrected chi connectivity index (χ2v) is 7.91. The van der Waals surface area contributed by atoms with Crippen LogP contribution in [0.4, 0.5) is 0 Å². The molecule has 0 aromatic carbocycles. The van der Waals surface area contributed by atoms with E-state index in [2.05, 4.69) is 15.5 Å². The SMILES string of the molecule is COC(=O)C1(NC2CC2)CCCC(Sc2nncs2)C1. The summed E-state index contributed by atoms with van der Waals surface area (Å²) in [6, 6.07) is 0.499. The van der Waals surface area contributed by atoms with Gasteiger partial charge in [-0.1, -0.05) is 23.1 Å². The zero-order chi connectivity index (χ0) is 14.0. The van der Waals surface area contributed by atoms with Crippen LogP contribution in [0.1, 0.15) is 38.5 Å². The van der Waals surface area contributed by atoms with E-state index in [-0.39, 0.29) is 5.97 Å². The van der Waals surface area contributed by atoms with Gasteiger partial charge < -0.3 is 4.74 Å². The number of nitrogens with zero attached hydrogens (tertiary/aromatic N) is 2. The average Bonchev–Trinajstić information content (AvgIpc) is 3.11. The Kier molecular flexibility index (Phi) is 4.28. The number of carbonyl (C=O) groups is 1. The molecule has 2 fully saturated rings. The molecule has 0 radical (unpaired) electrons. The summed E-state index contributed by atoms with van der Waals surface area (Å²) in [6.07, 6.45) is 6.21. The van der Waals surface area contributed by atoms with Crippen LogP contribution in [0.25, 0.3) is 0 Å². The average molecular weight is 313 g/mol. The van der Waals surface area contributed by atoms with E-state index in [1.54, 1.807) is 28.6 Å². The van der Waals surface area contributed by atoms with Crippen LogP contribution in [0.3, 0.4) is 0 Å². The molecular formula is C13H19N3O2S2. The first-order valence-electron chi connectivity index (χ1n) is 7.01.